The minimum absolute atomic E-state index is 0.0419. The van der Waals surface area contributed by atoms with Gasteiger partial charge >= 0.3 is 5.97 Å². The highest BCUT2D eigenvalue weighted by atomic mass is 32.2. The molecule has 5 nitrogen and oxygen atoms in total. The van der Waals surface area contributed by atoms with Crippen LogP contribution in [0.2, 0.25) is 0 Å². The first-order valence-corrected chi connectivity index (χ1v) is 9.80. The van der Waals surface area contributed by atoms with Crippen LogP contribution in [0.3, 0.4) is 0 Å². The maximum Gasteiger partial charge on any atom is 0.335 e. The van der Waals surface area contributed by atoms with Crippen LogP contribution in [0, 0.1) is 0 Å². The minimum atomic E-state index is -0.996. The zero-order chi connectivity index (χ0) is 19.4. The van der Waals surface area contributed by atoms with Crippen LogP contribution in [-0.4, -0.2) is 28.8 Å². The monoisotopic (exact) mass is 385 g/mol. The number of fused-ring (bicyclic) bond motifs is 1. The van der Waals surface area contributed by atoms with Gasteiger partial charge < -0.3 is 15.2 Å². The van der Waals surface area contributed by atoms with Gasteiger partial charge in [-0.15, -0.1) is 11.8 Å². The van der Waals surface area contributed by atoms with Crippen LogP contribution in [0.4, 0.5) is 5.69 Å². The van der Waals surface area contributed by atoms with Gasteiger partial charge in [-0.1, -0.05) is 19.1 Å². The topological polar surface area (TPSA) is 75.6 Å². The Bertz CT molecular complexity index is 850. The van der Waals surface area contributed by atoms with E-state index in [-0.39, 0.29) is 11.5 Å². The second kappa shape index (κ2) is 8.05. The van der Waals surface area contributed by atoms with E-state index < -0.39 is 10.7 Å². The number of methoxy groups -OCH3 is 1. The van der Waals surface area contributed by atoms with Gasteiger partial charge in [0, 0.05) is 4.90 Å². The number of amides is 1. The average Bonchev–Trinajstić information content (AvgIpc) is 2.68. The largest absolute Gasteiger partial charge is 0.497 e. The Kier molecular flexibility index (Phi) is 5.75. The first-order valence-electron chi connectivity index (χ1n) is 8.98. The van der Waals surface area contributed by atoms with Gasteiger partial charge in [-0.2, -0.15) is 0 Å². The van der Waals surface area contributed by atoms with E-state index in [0.29, 0.717) is 12.1 Å². The molecule has 0 saturated heterocycles. The number of carbonyl (C=O) groups is 2. The van der Waals surface area contributed by atoms with E-state index in [1.54, 1.807) is 31.0 Å². The molecule has 6 heteroatoms. The van der Waals surface area contributed by atoms with Crippen molar-refractivity contribution >= 4 is 29.3 Å². The molecule has 0 aliphatic carbocycles. The summed E-state index contributed by atoms with van der Waals surface area (Å²) in [5.41, 5.74) is 1.98. The quantitative estimate of drug-likeness (QED) is 0.728. The molecule has 2 N–H and O–H groups in total. The summed E-state index contributed by atoms with van der Waals surface area (Å²) in [5.74, 6) is -0.202. The standard InChI is InChI=1S/C21H23NO4S/c1-3-21(12-4-5-14-6-9-16(26-2)10-7-14)20(25)22-17-13-15(19(23)24)8-11-18(17)27-21/h6-11,13H,3-5,12H2,1-2H3,(H,22,25)(H,23,24)/t21-/m0/s1. The Balaban J connectivity index is 1.70. The summed E-state index contributed by atoms with van der Waals surface area (Å²) >= 11 is 1.55. The normalized spacial score (nSPS) is 18.5. The summed E-state index contributed by atoms with van der Waals surface area (Å²) in [4.78, 5) is 24.9. The number of carbonyl (C=O) groups excluding carboxylic acids is 1. The average molecular weight is 385 g/mol. The van der Waals surface area contributed by atoms with Crippen LogP contribution >= 0.6 is 11.8 Å². The summed E-state index contributed by atoms with van der Waals surface area (Å²) in [5, 5.41) is 12.1. The van der Waals surface area contributed by atoms with Gasteiger partial charge in [0.05, 0.1) is 23.1 Å². The highest BCUT2D eigenvalue weighted by Gasteiger charge is 2.41. The van der Waals surface area contributed by atoms with Crippen LogP contribution in [0.15, 0.2) is 47.4 Å². The lowest BCUT2D eigenvalue weighted by Crippen LogP contribution is -2.42. The number of aromatic carboxylic acids is 1. The molecule has 27 heavy (non-hydrogen) atoms. The number of nitrogens with one attached hydrogen (secondary N) is 1. The second-order valence-corrected chi connectivity index (χ2v) is 8.05. The molecule has 3 rings (SSSR count). The molecule has 2 aromatic rings. The zero-order valence-electron chi connectivity index (χ0n) is 15.5. The third-order valence-corrected chi connectivity index (χ3v) is 6.61. The summed E-state index contributed by atoms with van der Waals surface area (Å²) in [6.07, 6.45) is 3.26. The number of carboxylic acids is 1. The predicted octanol–water partition coefficient (Wildman–Crippen LogP) is 4.61. The summed E-state index contributed by atoms with van der Waals surface area (Å²) in [6.45, 7) is 2.02. The van der Waals surface area contributed by atoms with Crippen molar-refractivity contribution in [2.24, 2.45) is 0 Å². The smallest absolute Gasteiger partial charge is 0.335 e. The van der Waals surface area contributed by atoms with E-state index in [4.69, 9.17) is 9.84 Å². The number of anilines is 1. The lowest BCUT2D eigenvalue weighted by atomic mass is 9.94. The number of carboxylic acid groups (broad SMARTS) is 1. The Morgan fingerprint density at radius 1 is 1.22 bits per heavy atom. The van der Waals surface area contributed by atoms with Gasteiger partial charge in [0.25, 0.3) is 0 Å². The van der Waals surface area contributed by atoms with Crippen LogP contribution < -0.4 is 10.1 Å². The fraction of sp³-hybridized carbons (Fsp3) is 0.333. The molecule has 0 fully saturated rings. The fourth-order valence-corrected chi connectivity index (χ4v) is 4.60. The molecule has 1 amide bonds. The van der Waals surface area contributed by atoms with Gasteiger partial charge in [-0.3, -0.25) is 4.79 Å². The zero-order valence-corrected chi connectivity index (χ0v) is 16.3. The SMILES string of the molecule is CC[C@@]1(CCCc2ccc(OC)cc2)Sc2ccc(C(=O)O)cc2NC1=O. The molecular formula is C21H23NO4S. The van der Waals surface area contributed by atoms with E-state index in [1.807, 2.05) is 31.2 Å². The fourth-order valence-electron chi connectivity index (χ4n) is 3.29. The van der Waals surface area contributed by atoms with Gasteiger partial charge in [0.15, 0.2) is 0 Å². The molecule has 0 unspecified atom stereocenters. The predicted molar refractivity (Wildman–Crippen MR) is 107 cm³/mol. The maximum atomic E-state index is 12.8. The van der Waals surface area contributed by atoms with Gasteiger partial charge in [-0.05, 0) is 61.6 Å². The number of hydrogen-bond donors (Lipinski definition) is 2. The lowest BCUT2D eigenvalue weighted by Gasteiger charge is -2.35. The molecule has 1 aliphatic heterocycles. The van der Waals surface area contributed by atoms with E-state index >= 15 is 0 Å². The van der Waals surface area contributed by atoms with Crippen molar-refractivity contribution in [3.8, 4) is 5.75 Å². The van der Waals surface area contributed by atoms with Crippen molar-refractivity contribution in [3.05, 3.63) is 53.6 Å². The van der Waals surface area contributed by atoms with Gasteiger partial charge in [0.2, 0.25) is 5.91 Å². The molecule has 0 saturated carbocycles. The highest BCUT2D eigenvalue weighted by molar-refractivity contribution is 8.01. The van der Waals surface area contributed by atoms with Crippen LogP contribution in [0.1, 0.15) is 42.1 Å². The first-order chi connectivity index (χ1) is 13.0. The highest BCUT2D eigenvalue weighted by Crippen LogP contribution is 2.47. The van der Waals surface area contributed by atoms with Crippen molar-refractivity contribution in [1.29, 1.82) is 0 Å². The van der Waals surface area contributed by atoms with Crippen molar-refractivity contribution < 1.29 is 19.4 Å². The van der Waals surface area contributed by atoms with Crippen LogP contribution in [0.5, 0.6) is 5.75 Å². The molecule has 0 aromatic heterocycles. The Morgan fingerprint density at radius 3 is 2.59 bits per heavy atom. The third-order valence-electron chi connectivity index (χ3n) is 4.97. The van der Waals surface area contributed by atoms with E-state index in [0.717, 1.165) is 29.9 Å². The Morgan fingerprint density at radius 2 is 1.96 bits per heavy atom. The first kappa shape index (κ1) is 19.3. The van der Waals surface area contributed by atoms with Crippen molar-refractivity contribution in [2.75, 3.05) is 12.4 Å². The van der Waals surface area contributed by atoms with E-state index in [9.17, 15) is 9.59 Å². The molecule has 0 spiro atoms. The van der Waals surface area contributed by atoms with E-state index in [1.165, 1.54) is 11.6 Å². The summed E-state index contributed by atoms with van der Waals surface area (Å²) in [6, 6.07) is 12.9. The van der Waals surface area contributed by atoms with Crippen molar-refractivity contribution in [2.45, 2.75) is 42.2 Å². The van der Waals surface area contributed by atoms with Crippen molar-refractivity contribution in [3.63, 3.8) is 0 Å². The van der Waals surface area contributed by atoms with Crippen LogP contribution in [0.25, 0.3) is 0 Å². The van der Waals surface area contributed by atoms with Gasteiger partial charge in [0.1, 0.15) is 5.75 Å². The molecule has 142 valence electrons. The lowest BCUT2D eigenvalue weighted by molar-refractivity contribution is -0.118. The van der Waals surface area contributed by atoms with E-state index in [2.05, 4.69) is 5.32 Å². The molecule has 1 atom stereocenters. The third kappa shape index (κ3) is 4.11. The molecular weight excluding hydrogens is 362 g/mol. The summed E-state index contributed by atoms with van der Waals surface area (Å²) in [7, 11) is 1.65. The second-order valence-electron chi connectivity index (χ2n) is 6.62. The van der Waals surface area contributed by atoms with Crippen molar-refractivity contribution in [1.82, 2.24) is 0 Å². The van der Waals surface area contributed by atoms with Crippen LogP contribution in [-0.2, 0) is 11.2 Å². The molecule has 2 aromatic carbocycles. The number of rotatable bonds is 7. The summed E-state index contributed by atoms with van der Waals surface area (Å²) < 4.78 is 4.66. The number of hydrogen-bond acceptors (Lipinski definition) is 4. The Hall–Kier alpha value is -2.47. The molecule has 1 aliphatic rings. The maximum absolute atomic E-state index is 12.8. The Labute approximate surface area is 163 Å². The minimum Gasteiger partial charge on any atom is -0.497 e. The number of thioether (sulfide) groups is 1. The number of benzene rings is 2. The molecule has 0 radical (unpaired) electrons. The van der Waals surface area contributed by atoms with Gasteiger partial charge in [-0.25, -0.2) is 4.79 Å². The molecule has 0 bridgehead atoms. The number of ether oxygens (including phenoxy) is 1. The molecule has 1 heterocycles. The number of aryl methyl sites for hydroxylation is 1.